The SMILES string of the molecule is CN(C)c1ccccc1C1SC(CC(=O)N2CCC(N3Cc4ccccc4NC3=O)CC2)C(=O)N1CCC(C)(C)C. The van der Waals surface area contributed by atoms with Gasteiger partial charge in [-0.15, -0.1) is 11.8 Å². The van der Waals surface area contributed by atoms with Crippen LogP contribution in [0.1, 0.15) is 63.0 Å². The Morgan fingerprint density at radius 2 is 1.71 bits per heavy atom. The number of likely N-dealkylation sites (tertiary alicyclic amines) is 1. The maximum atomic E-state index is 13.8. The van der Waals surface area contributed by atoms with E-state index in [-0.39, 0.29) is 41.1 Å². The number of piperidine rings is 1. The van der Waals surface area contributed by atoms with E-state index in [4.69, 9.17) is 0 Å². The first-order valence-corrected chi connectivity index (χ1v) is 15.6. The summed E-state index contributed by atoms with van der Waals surface area (Å²) >= 11 is 1.61. The number of thioether (sulfide) groups is 1. The summed E-state index contributed by atoms with van der Waals surface area (Å²) < 4.78 is 0. The fourth-order valence-electron chi connectivity index (χ4n) is 5.98. The van der Waals surface area contributed by atoms with E-state index in [1.165, 1.54) is 0 Å². The number of nitrogens with one attached hydrogen (secondary N) is 1. The molecule has 3 heterocycles. The molecule has 0 radical (unpaired) electrons. The molecule has 0 spiro atoms. The number of carbonyl (C=O) groups excluding carboxylic acids is 3. The summed E-state index contributed by atoms with van der Waals surface area (Å²) in [6.45, 7) is 9.04. The summed E-state index contributed by atoms with van der Waals surface area (Å²) in [6, 6.07) is 16.2. The van der Waals surface area contributed by atoms with Gasteiger partial charge in [0.05, 0.1) is 5.25 Å². The monoisotopic (exact) mass is 577 g/mol. The van der Waals surface area contributed by atoms with Gasteiger partial charge < -0.3 is 24.9 Å². The normalized spacial score (nSPS) is 21.6. The van der Waals surface area contributed by atoms with Crippen LogP contribution in [0.5, 0.6) is 0 Å². The summed E-state index contributed by atoms with van der Waals surface area (Å²) in [5.41, 5.74) is 4.30. The number of fused-ring (bicyclic) bond motifs is 1. The average Bonchev–Trinajstić information content (AvgIpc) is 3.25. The van der Waals surface area contributed by atoms with Gasteiger partial charge in [-0.1, -0.05) is 57.2 Å². The summed E-state index contributed by atoms with van der Waals surface area (Å²) in [5.74, 6) is 0.0877. The highest BCUT2D eigenvalue weighted by molar-refractivity contribution is 8.01. The lowest BCUT2D eigenvalue weighted by Crippen LogP contribution is -2.51. The zero-order valence-electron chi connectivity index (χ0n) is 24.9. The molecule has 0 bridgehead atoms. The minimum Gasteiger partial charge on any atom is -0.377 e. The quantitative estimate of drug-likeness (QED) is 0.466. The van der Waals surface area contributed by atoms with E-state index in [1.54, 1.807) is 11.8 Å². The molecule has 41 heavy (non-hydrogen) atoms. The Balaban J connectivity index is 1.23. The third kappa shape index (κ3) is 6.50. The van der Waals surface area contributed by atoms with Crippen LogP contribution >= 0.6 is 11.8 Å². The molecule has 1 N–H and O–H groups in total. The lowest BCUT2D eigenvalue weighted by atomic mass is 9.92. The first-order chi connectivity index (χ1) is 19.5. The van der Waals surface area contributed by atoms with E-state index in [2.05, 4.69) is 43.1 Å². The van der Waals surface area contributed by atoms with Gasteiger partial charge in [-0.2, -0.15) is 0 Å². The van der Waals surface area contributed by atoms with E-state index in [0.717, 1.165) is 41.8 Å². The number of hydrogen-bond donors (Lipinski definition) is 1. The van der Waals surface area contributed by atoms with Crippen molar-refractivity contribution in [1.82, 2.24) is 14.7 Å². The number of carbonyl (C=O) groups is 3. The number of para-hydroxylation sites is 2. The second kappa shape index (κ2) is 12.0. The van der Waals surface area contributed by atoms with Crippen LogP contribution in [0.4, 0.5) is 16.2 Å². The molecule has 0 saturated carbocycles. The summed E-state index contributed by atoms with van der Waals surface area (Å²) in [4.78, 5) is 47.9. The van der Waals surface area contributed by atoms with Gasteiger partial charge in [0, 0.05) is 69.7 Å². The molecule has 2 atom stereocenters. The predicted octanol–water partition coefficient (Wildman–Crippen LogP) is 5.56. The van der Waals surface area contributed by atoms with Crippen LogP contribution in [0.25, 0.3) is 0 Å². The Labute approximate surface area is 248 Å². The topological polar surface area (TPSA) is 76.2 Å². The van der Waals surface area contributed by atoms with Crippen molar-refractivity contribution in [2.45, 2.75) is 69.7 Å². The van der Waals surface area contributed by atoms with Crippen molar-refractivity contribution in [2.24, 2.45) is 5.41 Å². The Kier molecular flexibility index (Phi) is 8.55. The van der Waals surface area contributed by atoms with Gasteiger partial charge >= 0.3 is 6.03 Å². The fourth-order valence-corrected chi connectivity index (χ4v) is 7.49. The predicted molar refractivity (Wildman–Crippen MR) is 166 cm³/mol. The summed E-state index contributed by atoms with van der Waals surface area (Å²) in [5, 5.41) is 2.49. The molecule has 2 unspecified atom stereocenters. The van der Waals surface area contributed by atoms with Crippen LogP contribution in [-0.2, 0) is 16.1 Å². The van der Waals surface area contributed by atoms with Crippen molar-refractivity contribution in [3.8, 4) is 0 Å². The van der Waals surface area contributed by atoms with E-state index in [1.807, 2.05) is 65.2 Å². The summed E-state index contributed by atoms with van der Waals surface area (Å²) in [6.07, 6.45) is 2.58. The van der Waals surface area contributed by atoms with Crippen LogP contribution in [0.2, 0.25) is 0 Å². The van der Waals surface area contributed by atoms with Gasteiger partial charge in [0.15, 0.2) is 0 Å². The number of rotatable bonds is 7. The van der Waals surface area contributed by atoms with E-state index in [0.29, 0.717) is 26.2 Å². The number of urea groups is 1. The smallest absolute Gasteiger partial charge is 0.322 e. The van der Waals surface area contributed by atoms with Crippen LogP contribution in [-0.4, -0.2) is 77.6 Å². The van der Waals surface area contributed by atoms with E-state index >= 15 is 0 Å². The molecule has 3 aliphatic heterocycles. The number of anilines is 2. The van der Waals surface area contributed by atoms with Crippen molar-refractivity contribution in [3.05, 3.63) is 59.7 Å². The molecule has 2 saturated heterocycles. The molecule has 0 aliphatic carbocycles. The van der Waals surface area contributed by atoms with Crippen molar-refractivity contribution >= 4 is 41.0 Å². The molecular formula is C32H43N5O3S. The van der Waals surface area contributed by atoms with Crippen LogP contribution < -0.4 is 10.2 Å². The lowest BCUT2D eigenvalue weighted by Gasteiger charge is -2.40. The van der Waals surface area contributed by atoms with Crippen LogP contribution in [0, 0.1) is 5.41 Å². The molecule has 0 aromatic heterocycles. The standard InChI is InChI=1S/C32H43N5O3S/c1-32(2,3)16-19-36-29(39)27(41-30(36)24-11-7-9-13-26(24)34(4)5)20-28(38)35-17-14-23(15-18-35)37-21-22-10-6-8-12-25(22)33-31(37)40/h6-13,23,27,30H,14-21H2,1-5H3,(H,33,40). The van der Waals surface area contributed by atoms with Crippen molar-refractivity contribution in [3.63, 3.8) is 0 Å². The number of hydrogen-bond acceptors (Lipinski definition) is 5. The third-order valence-corrected chi connectivity index (χ3v) is 9.86. The Morgan fingerprint density at radius 1 is 1.02 bits per heavy atom. The van der Waals surface area contributed by atoms with Crippen molar-refractivity contribution < 1.29 is 14.4 Å². The molecule has 2 aromatic rings. The molecule has 5 rings (SSSR count). The van der Waals surface area contributed by atoms with Gasteiger partial charge in [-0.3, -0.25) is 9.59 Å². The molecular weight excluding hydrogens is 534 g/mol. The zero-order valence-corrected chi connectivity index (χ0v) is 25.7. The maximum absolute atomic E-state index is 13.8. The number of amides is 4. The highest BCUT2D eigenvalue weighted by Gasteiger charge is 2.44. The molecule has 8 nitrogen and oxygen atoms in total. The van der Waals surface area contributed by atoms with Crippen molar-refractivity contribution in [1.29, 1.82) is 0 Å². The minimum absolute atomic E-state index is 0.0278. The average molecular weight is 578 g/mol. The van der Waals surface area contributed by atoms with Gasteiger partial charge in [0.25, 0.3) is 0 Å². The fraction of sp³-hybridized carbons (Fsp3) is 0.531. The largest absolute Gasteiger partial charge is 0.377 e. The zero-order chi connectivity index (χ0) is 29.3. The minimum atomic E-state index is -0.398. The lowest BCUT2D eigenvalue weighted by molar-refractivity contribution is -0.137. The van der Waals surface area contributed by atoms with Gasteiger partial charge in [0.1, 0.15) is 5.37 Å². The van der Waals surface area contributed by atoms with Gasteiger partial charge in [0.2, 0.25) is 11.8 Å². The maximum Gasteiger partial charge on any atom is 0.322 e. The Bertz CT molecular complexity index is 1280. The molecule has 2 aromatic carbocycles. The summed E-state index contributed by atoms with van der Waals surface area (Å²) in [7, 11) is 4.05. The van der Waals surface area contributed by atoms with Gasteiger partial charge in [-0.25, -0.2) is 4.79 Å². The first-order valence-electron chi connectivity index (χ1n) is 14.7. The van der Waals surface area contributed by atoms with Crippen LogP contribution in [0.15, 0.2) is 48.5 Å². The Hall–Kier alpha value is -3.20. The van der Waals surface area contributed by atoms with Gasteiger partial charge in [-0.05, 0) is 42.4 Å². The van der Waals surface area contributed by atoms with Crippen LogP contribution in [0.3, 0.4) is 0 Å². The molecule has 9 heteroatoms. The third-order valence-electron chi connectivity index (χ3n) is 8.40. The first kappa shape index (κ1) is 29.3. The molecule has 4 amide bonds. The van der Waals surface area contributed by atoms with E-state index in [9.17, 15) is 14.4 Å². The number of nitrogens with zero attached hydrogens (tertiary/aromatic N) is 4. The second-order valence-electron chi connectivity index (χ2n) is 12.8. The second-order valence-corrected chi connectivity index (χ2v) is 14.1. The van der Waals surface area contributed by atoms with E-state index < -0.39 is 5.25 Å². The molecule has 2 fully saturated rings. The highest BCUT2D eigenvalue weighted by Crippen LogP contribution is 2.47. The number of benzene rings is 2. The molecule has 3 aliphatic rings. The molecule has 220 valence electrons. The highest BCUT2D eigenvalue weighted by atomic mass is 32.2. The van der Waals surface area contributed by atoms with Crippen molar-refractivity contribution in [2.75, 3.05) is 43.9 Å². The Morgan fingerprint density at radius 3 is 2.41 bits per heavy atom.